The van der Waals surface area contributed by atoms with E-state index in [1.807, 2.05) is 36.9 Å². The van der Waals surface area contributed by atoms with E-state index in [0.717, 1.165) is 31.4 Å². The summed E-state index contributed by atoms with van der Waals surface area (Å²) in [7, 11) is 0. The zero-order chi connectivity index (χ0) is 42.1. The second kappa shape index (κ2) is 22.0. The van der Waals surface area contributed by atoms with E-state index in [9.17, 15) is 0 Å². The van der Waals surface area contributed by atoms with Crippen LogP contribution in [0.3, 0.4) is 0 Å². The summed E-state index contributed by atoms with van der Waals surface area (Å²) in [6.07, 6.45) is 17.7. The average molecular weight is 972 g/mol. The molecule has 2 nitrogen and oxygen atoms in total. The number of aryl methyl sites for hydroxylation is 1. The number of fused-ring (bicyclic) bond motifs is 6. The van der Waals surface area contributed by atoms with Gasteiger partial charge in [-0.05, 0) is 60.4 Å². The Bertz CT molecular complexity index is 1770. The van der Waals surface area contributed by atoms with Crippen LogP contribution >= 0.6 is 45.3 Å². The van der Waals surface area contributed by atoms with Gasteiger partial charge in [0.1, 0.15) is 11.4 Å². The van der Waals surface area contributed by atoms with Crippen molar-refractivity contribution in [2.75, 3.05) is 0 Å². The molecule has 0 aromatic carbocycles. The van der Waals surface area contributed by atoms with E-state index in [0.29, 0.717) is 23.7 Å². The van der Waals surface area contributed by atoms with Crippen molar-refractivity contribution in [1.82, 2.24) is 0 Å². The molecule has 4 aromatic heterocycles. The molecule has 6 heterocycles. The molecule has 6 rings (SSSR count). The maximum absolute atomic E-state index is 7.18. The van der Waals surface area contributed by atoms with Gasteiger partial charge in [0.15, 0.2) is 0 Å². The average Bonchev–Trinajstić information content (AvgIpc) is 4.01. The normalized spacial score (nSPS) is 15.2. The topological polar surface area (TPSA) is 18.5 Å². The molecule has 0 atom stereocenters. The van der Waals surface area contributed by atoms with Crippen LogP contribution in [0.1, 0.15) is 182 Å². The first-order valence-corrected chi connectivity index (χ1v) is 34.4. The monoisotopic (exact) mass is 972 g/mol. The van der Waals surface area contributed by atoms with Crippen molar-refractivity contribution >= 4 is 66.6 Å². The molecule has 58 heavy (non-hydrogen) atoms. The molecule has 0 fully saturated rings. The fourth-order valence-corrected chi connectivity index (χ4v) is 32.6. The Hall–Kier alpha value is -0.801. The molecular weight excluding hydrogens is 892 g/mol. The first-order chi connectivity index (χ1) is 27.7. The summed E-state index contributed by atoms with van der Waals surface area (Å²) in [6, 6.07) is 9.57. The van der Waals surface area contributed by atoms with Crippen LogP contribution in [-0.4, -0.2) is 18.4 Å². The SMILES string of the molecule is CC(C)CCC1(CCC(C)C)Oc2ccsc2-c2sccc21.CCC[CH2][Sn]([CH2]CCC)([CH2]CCC)[c]1cc2c(s1)-c1sc(C)cc1OC2(CCC(C)C)CCC(C)C. The molecule has 2 aliphatic rings. The Balaban J connectivity index is 0.000000247. The molecule has 0 saturated heterocycles. The summed E-state index contributed by atoms with van der Waals surface area (Å²) >= 11 is 5.38. The first kappa shape index (κ1) is 48.2. The van der Waals surface area contributed by atoms with E-state index in [1.165, 1.54) is 95.0 Å². The Kier molecular flexibility index (Phi) is 18.3. The van der Waals surface area contributed by atoms with Crippen molar-refractivity contribution < 1.29 is 9.47 Å². The molecule has 0 spiro atoms. The number of hydrogen-bond acceptors (Lipinski definition) is 6. The molecule has 4 aromatic rings. The fourth-order valence-electron chi connectivity index (χ4n) is 9.17. The Morgan fingerprint density at radius 3 is 1.50 bits per heavy atom. The number of rotatable bonds is 22. The third-order valence-corrected chi connectivity index (χ3v) is 35.4. The first-order valence-electron chi connectivity index (χ1n) is 23.5. The Labute approximate surface area is 376 Å². The number of ether oxygens (including phenoxy) is 2. The molecule has 0 N–H and O–H groups in total. The van der Waals surface area contributed by atoms with Gasteiger partial charge in [-0.1, -0.05) is 27.7 Å². The van der Waals surface area contributed by atoms with Gasteiger partial charge in [0, 0.05) is 5.56 Å². The van der Waals surface area contributed by atoms with Crippen molar-refractivity contribution in [3.63, 3.8) is 0 Å². The minimum absolute atomic E-state index is 0.113. The molecule has 0 bridgehead atoms. The number of thiophene rings is 4. The molecule has 0 radical (unpaired) electrons. The van der Waals surface area contributed by atoms with Crippen LogP contribution in [-0.2, 0) is 11.2 Å². The van der Waals surface area contributed by atoms with E-state index in [4.69, 9.17) is 9.47 Å². The Morgan fingerprint density at radius 1 is 0.534 bits per heavy atom. The van der Waals surface area contributed by atoms with Crippen molar-refractivity contribution in [1.29, 1.82) is 0 Å². The van der Waals surface area contributed by atoms with Gasteiger partial charge in [0.05, 0.1) is 9.75 Å². The van der Waals surface area contributed by atoms with Crippen LogP contribution < -0.4 is 12.4 Å². The van der Waals surface area contributed by atoms with Gasteiger partial charge >= 0.3 is 237 Å². The van der Waals surface area contributed by atoms with Crippen LogP contribution in [0.2, 0.25) is 13.3 Å². The summed E-state index contributed by atoms with van der Waals surface area (Å²) in [6.45, 7) is 28.2. The molecule has 0 saturated carbocycles. The predicted octanol–water partition coefficient (Wildman–Crippen LogP) is 18.2. The predicted molar refractivity (Wildman–Crippen MR) is 265 cm³/mol. The van der Waals surface area contributed by atoms with Gasteiger partial charge in [0.25, 0.3) is 0 Å². The summed E-state index contributed by atoms with van der Waals surface area (Å²) in [5.74, 6) is 5.12. The minimum atomic E-state index is -2.51. The molecule has 0 amide bonds. The van der Waals surface area contributed by atoms with Crippen LogP contribution in [0.5, 0.6) is 11.5 Å². The van der Waals surface area contributed by atoms with E-state index in [2.05, 4.69) is 129 Å². The van der Waals surface area contributed by atoms with Gasteiger partial charge in [-0.3, -0.25) is 0 Å². The molecule has 324 valence electrons. The zero-order valence-electron chi connectivity index (χ0n) is 38.7. The van der Waals surface area contributed by atoms with Gasteiger partial charge < -0.3 is 4.74 Å². The van der Waals surface area contributed by atoms with Crippen molar-refractivity contribution in [2.45, 2.75) is 197 Å². The zero-order valence-corrected chi connectivity index (χ0v) is 44.9. The number of unbranched alkanes of at least 4 members (excludes halogenated alkanes) is 3. The van der Waals surface area contributed by atoms with E-state index in [-0.39, 0.29) is 11.2 Å². The molecule has 0 aliphatic carbocycles. The van der Waals surface area contributed by atoms with Crippen LogP contribution in [0.15, 0.2) is 35.0 Å². The molecule has 7 heteroatoms. The second-order valence-corrected chi connectivity index (χ2v) is 38.0. The van der Waals surface area contributed by atoms with Crippen LogP contribution in [0.25, 0.3) is 19.5 Å². The van der Waals surface area contributed by atoms with Crippen LogP contribution in [0, 0.1) is 30.6 Å². The van der Waals surface area contributed by atoms with Gasteiger partial charge in [-0.25, -0.2) is 0 Å². The van der Waals surface area contributed by atoms with Gasteiger partial charge in [-0.15, -0.1) is 22.7 Å². The van der Waals surface area contributed by atoms with Crippen molar-refractivity contribution in [3.05, 3.63) is 51.0 Å². The van der Waals surface area contributed by atoms with Crippen molar-refractivity contribution in [2.24, 2.45) is 23.7 Å². The third kappa shape index (κ3) is 11.6. The summed E-state index contributed by atoms with van der Waals surface area (Å²) < 4.78 is 20.4. The maximum atomic E-state index is 7.18. The van der Waals surface area contributed by atoms with Gasteiger partial charge in [-0.2, -0.15) is 0 Å². The van der Waals surface area contributed by atoms with Crippen LogP contribution in [0.4, 0.5) is 0 Å². The third-order valence-electron chi connectivity index (χ3n) is 12.9. The molecule has 0 unspecified atom stereocenters. The number of hydrogen-bond donors (Lipinski definition) is 0. The van der Waals surface area contributed by atoms with E-state index >= 15 is 0 Å². The van der Waals surface area contributed by atoms with Crippen molar-refractivity contribution in [3.8, 4) is 31.0 Å². The quantitative estimate of drug-likeness (QED) is 0.0731. The van der Waals surface area contributed by atoms with E-state index < -0.39 is 18.4 Å². The summed E-state index contributed by atoms with van der Waals surface area (Å²) in [5, 5.41) is 4.40. The standard InChI is InChI=1S/C20H27OS2.C19H26OS2.3C4H9.Sn/c1-13(2)6-9-20(10-7-14(3)4)16-8-11-22-18(16)19-17(21-20)12-15(5)23-19;1-13(2)5-9-19(10-6-14(3)4)15-7-11-21-17(15)18-16(20-19)8-12-22-18;3*1-3-4-2;/h8,12-14H,6-7,9-10H2,1-5H3;7-8,11-14H,5-6,9-10H2,1-4H3;3*1,3-4H2,2H3;. The second-order valence-electron chi connectivity index (χ2n) is 19.7. The molecular formula is C51H80O2S4Sn. The Morgan fingerprint density at radius 2 is 1.00 bits per heavy atom. The van der Waals surface area contributed by atoms with Gasteiger partial charge in [0.2, 0.25) is 0 Å². The van der Waals surface area contributed by atoms with E-state index in [1.54, 1.807) is 23.8 Å². The summed E-state index contributed by atoms with van der Waals surface area (Å²) in [5.41, 5.74) is 2.77. The summed E-state index contributed by atoms with van der Waals surface area (Å²) in [4.78, 5) is 7.20. The molecule has 2 aliphatic heterocycles. The fraction of sp³-hybridized carbons (Fsp3) is 0.686.